The van der Waals surface area contributed by atoms with Crippen molar-refractivity contribution in [3.8, 4) is 0 Å². The Balaban J connectivity index is 1.38. The van der Waals surface area contributed by atoms with Crippen LogP contribution < -0.4 is 0 Å². The van der Waals surface area contributed by atoms with Gasteiger partial charge < -0.3 is 14.4 Å². The lowest BCUT2D eigenvalue weighted by Crippen LogP contribution is -2.68. The third-order valence-corrected chi connectivity index (χ3v) is 7.55. The van der Waals surface area contributed by atoms with Crippen LogP contribution in [0.5, 0.6) is 0 Å². The quantitative estimate of drug-likeness (QED) is 0.678. The van der Waals surface area contributed by atoms with Gasteiger partial charge in [0.2, 0.25) is 11.8 Å². The van der Waals surface area contributed by atoms with Crippen molar-refractivity contribution in [1.29, 1.82) is 0 Å². The Kier molecular flexibility index (Phi) is 5.63. The second kappa shape index (κ2) is 8.41. The molecule has 2 amide bonds. The van der Waals surface area contributed by atoms with E-state index in [2.05, 4.69) is 40.5 Å². The lowest BCUT2D eigenvalue weighted by molar-refractivity contribution is -0.164. The van der Waals surface area contributed by atoms with E-state index in [0.717, 1.165) is 45.4 Å². The average molecular weight is 426 g/mol. The van der Waals surface area contributed by atoms with E-state index >= 15 is 0 Å². The first kappa shape index (κ1) is 20.7. The number of imidazole rings is 1. The maximum Gasteiger partial charge on any atom is 0.246 e. The van der Waals surface area contributed by atoms with E-state index in [1.165, 1.54) is 5.69 Å². The van der Waals surface area contributed by atoms with E-state index < -0.39 is 0 Å². The number of likely N-dealkylation sites (tertiary alicyclic amines) is 1. The van der Waals surface area contributed by atoms with Crippen molar-refractivity contribution in [2.75, 3.05) is 26.2 Å². The van der Waals surface area contributed by atoms with Crippen LogP contribution in [0.1, 0.15) is 45.2 Å². The first-order chi connectivity index (χ1) is 15.0. The summed E-state index contributed by atoms with van der Waals surface area (Å²) in [6.45, 7) is 9.53. The summed E-state index contributed by atoms with van der Waals surface area (Å²) in [4.78, 5) is 37.4. The maximum absolute atomic E-state index is 13.6. The van der Waals surface area contributed by atoms with Gasteiger partial charge in [0.15, 0.2) is 0 Å². The molecule has 168 valence electrons. The van der Waals surface area contributed by atoms with Gasteiger partial charge >= 0.3 is 0 Å². The normalized spacial score (nSPS) is 30.9. The molecule has 3 fully saturated rings. The van der Waals surface area contributed by atoms with E-state index in [9.17, 15) is 9.59 Å². The summed E-state index contributed by atoms with van der Waals surface area (Å²) in [7, 11) is 0. The van der Waals surface area contributed by atoms with Crippen LogP contribution in [0, 0.1) is 17.8 Å². The monoisotopic (exact) mass is 425 g/mol. The minimum Gasteiger partial charge on any atom is -0.333 e. The molecule has 5 rings (SSSR count). The molecular formula is C24H35N5O2. The van der Waals surface area contributed by atoms with Crippen molar-refractivity contribution < 1.29 is 9.59 Å². The zero-order valence-corrected chi connectivity index (χ0v) is 18.8. The Bertz CT molecular complexity index is 854. The molecule has 7 heteroatoms. The summed E-state index contributed by atoms with van der Waals surface area (Å²) in [6, 6.07) is -0.0808. The molecule has 4 aliphatic heterocycles. The van der Waals surface area contributed by atoms with E-state index in [1.807, 2.05) is 22.3 Å². The summed E-state index contributed by atoms with van der Waals surface area (Å²) in [5, 5.41) is 0. The fourth-order valence-electron chi connectivity index (χ4n) is 6.31. The number of aromatic nitrogens is 2. The van der Waals surface area contributed by atoms with Crippen molar-refractivity contribution in [1.82, 2.24) is 24.3 Å². The number of fused-ring (bicyclic) bond motifs is 4. The molecule has 0 saturated carbocycles. The smallest absolute Gasteiger partial charge is 0.246 e. The fraction of sp³-hybridized carbons (Fsp3) is 0.708. The molecule has 3 saturated heterocycles. The molecule has 0 N–H and O–H groups in total. The highest BCUT2D eigenvalue weighted by molar-refractivity contribution is 5.89. The molecule has 0 aromatic carbocycles. The second-order valence-electron chi connectivity index (χ2n) is 10.3. The standard InChI is InChI=1S/C24H35N5O2/c1-17(2)12-28-16-25-11-20(28)15-26-13-18-10-19(14-26)23(24(31)27-8-3-4-9-27)29-21(18)6-5-7-22(29)30/h3-4,11,16-19,21,23H,5-10,12-15H2,1-2H3/t18-,19+,21-,23+/m0/s1. The van der Waals surface area contributed by atoms with Crippen LogP contribution in [0.3, 0.4) is 0 Å². The maximum atomic E-state index is 13.6. The molecule has 0 unspecified atom stereocenters. The predicted molar refractivity (Wildman–Crippen MR) is 118 cm³/mol. The van der Waals surface area contributed by atoms with Crippen molar-refractivity contribution in [3.63, 3.8) is 0 Å². The largest absolute Gasteiger partial charge is 0.333 e. The SMILES string of the molecule is CC(C)Cn1cncc1CN1C[C@@H]2C[C@H](C1)[C@H](C(=O)N1CC=CC1)N1C(=O)CCC[C@@H]21. The molecule has 31 heavy (non-hydrogen) atoms. The number of hydrogen-bond acceptors (Lipinski definition) is 4. The zero-order chi connectivity index (χ0) is 21.5. The van der Waals surface area contributed by atoms with Gasteiger partial charge in [-0.3, -0.25) is 14.5 Å². The summed E-state index contributed by atoms with van der Waals surface area (Å²) in [6.07, 6.45) is 11.7. The first-order valence-corrected chi connectivity index (χ1v) is 12.0. The lowest BCUT2D eigenvalue weighted by Gasteiger charge is -2.56. The van der Waals surface area contributed by atoms with E-state index in [0.29, 0.717) is 31.3 Å². The highest BCUT2D eigenvalue weighted by Crippen LogP contribution is 2.42. The molecule has 4 atom stereocenters. The van der Waals surface area contributed by atoms with Gasteiger partial charge in [-0.1, -0.05) is 26.0 Å². The van der Waals surface area contributed by atoms with Gasteiger partial charge in [-0.15, -0.1) is 0 Å². The van der Waals surface area contributed by atoms with Crippen molar-refractivity contribution in [2.45, 2.75) is 64.7 Å². The lowest BCUT2D eigenvalue weighted by atomic mass is 9.71. The molecule has 0 spiro atoms. The van der Waals surface area contributed by atoms with Gasteiger partial charge in [-0.2, -0.15) is 0 Å². The molecule has 4 aliphatic rings. The van der Waals surface area contributed by atoms with Gasteiger partial charge in [0, 0.05) is 63.8 Å². The van der Waals surface area contributed by atoms with Crippen molar-refractivity contribution in [3.05, 3.63) is 30.4 Å². The Morgan fingerprint density at radius 1 is 1.19 bits per heavy atom. The molecular weight excluding hydrogens is 390 g/mol. The van der Waals surface area contributed by atoms with Crippen LogP contribution in [0.25, 0.3) is 0 Å². The molecule has 1 aromatic heterocycles. The molecule has 5 heterocycles. The number of carbonyl (C=O) groups is 2. The highest BCUT2D eigenvalue weighted by atomic mass is 16.2. The fourth-order valence-corrected chi connectivity index (χ4v) is 6.31. The number of piperidine rings is 3. The molecule has 0 radical (unpaired) electrons. The number of amides is 2. The van der Waals surface area contributed by atoms with Crippen LogP contribution in [-0.4, -0.2) is 74.3 Å². The summed E-state index contributed by atoms with van der Waals surface area (Å²) in [5.74, 6) is 1.60. The Hall–Kier alpha value is -2.15. The van der Waals surface area contributed by atoms with Gasteiger partial charge in [-0.05, 0) is 31.1 Å². The summed E-state index contributed by atoms with van der Waals surface area (Å²) < 4.78 is 2.27. The third-order valence-electron chi connectivity index (χ3n) is 7.55. The van der Waals surface area contributed by atoms with Crippen LogP contribution in [0.4, 0.5) is 0 Å². The summed E-state index contributed by atoms with van der Waals surface area (Å²) >= 11 is 0. The first-order valence-electron chi connectivity index (χ1n) is 12.0. The highest BCUT2D eigenvalue weighted by Gasteiger charge is 2.52. The zero-order valence-electron chi connectivity index (χ0n) is 18.8. The van der Waals surface area contributed by atoms with Gasteiger partial charge in [0.05, 0.1) is 12.0 Å². The minimum atomic E-state index is -0.294. The van der Waals surface area contributed by atoms with E-state index in [-0.39, 0.29) is 29.8 Å². The number of hydrogen-bond donors (Lipinski definition) is 0. The summed E-state index contributed by atoms with van der Waals surface area (Å²) in [5.41, 5.74) is 1.25. The average Bonchev–Trinajstić information content (AvgIpc) is 3.41. The van der Waals surface area contributed by atoms with Crippen molar-refractivity contribution in [2.24, 2.45) is 17.8 Å². The van der Waals surface area contributed by atoms with Crippen LogP contribution in [0.15, 0.2) is 24.7 Å². The van der Waals surface area contributed by atoms with Gasteiger partial charge in [0.1, 0.15) is 6.04 Å². The Morgan fingerprint density at radius 3 is 2.74 bits per heavy atom. The van der Waals surface area contributed by atoms with Crippen LogP contribution in [-0.2, 0) is 22.7 Å². The molecule has 1 aromatic rings. The number of rotatable bonds is 5. The second-order valence-corrected chi connectivity index (χ2v) is 10.3. The minimum absolute atomic E-state index is 0.153. The van der Waals surface area contributed by atoms with E-state index in [4.69, 9.17) is 0 Å². The number of carbonyl (C=O) groups excluding carboxylic acids is 2. The molecule has 7 nitrogen and oxygen atoms in total. The topological polar surface area (TPSA) is 61.7 Å². The Labute approximate surface area is 185 Å². The van der Waals surface area contributed by atoms with Crippen LogP contribution >= 0.6 is 0 Å². The van der Waals surface area contributed by atoms with Gasteiger partial charge in [0.25, 0.3) is 0 Å². The number of nitrogens with zero attached hydrogens (tertiary/aromatic N) is 5. The van der Waals surface area contributed by atoms with Crippen molar-refractivity contribution >= 4 is 11.8 Å². The van der Waals surface area contributed by atoms with Crippen LogP contribution in [0.2, 0.25) is 0 Å². The molecule has 0 aliphatic carbocycles. The van der Waals surface area contributed by atoms with E-state index in [1.54, 1.807) is 0 Å². The molecule has 2 bridgehead atoms. The third kappa shape index (κ3) is 3.93. The predicted octanol–water partition coefficient (Wildman–Crippen LogP) is 2.14. The Morgan fingerprint density at radius 2 is 1.97 bits per heavy atom. The van der Waals surface area contributed by atoms with Gasteiger partial charge in [-0.25, -0.2) is 4.98 Å².